The first kappa shape index (κ1) is 9.93. The van der Waals surface area contributed by atoms with Gasteiger partial charge in [-0.1, -0.05) is 0 Å². The second-order valence-electron chi connectivity index (χ2n) is 3.54. The molecule has 1 heterocycles. The normalized spacial score (nSPS) is 25.6. The molecule has 1 aliphatic rings. The van der Waals surface area contributed by atoms with Gasteiger partial charge in [0.2, 0.25) is 0 Å². The number of hydrogen-bond donors (Lipinski definition) is 1. The first-order valence-electron chi connectivity index (χ1n) is 4.72. The van der Waals surface area contributed by atoms with Gasteiger partial charge in [-0.3, -0.25) is 4.98 Å². The molecule has 0 spiro atoms. The molecule has 2 rings (SSSR count). The summed E-state index contributed by atoms with van der Waals surface area (Å²) in [6, 6.07) is 2.57. The van der Waals surface area contributed by atoms with E-state index in [4.69, 9.17) is 4.74 Å². The Bertz CT molecular complexity index is 313. The summed E-state index contributed by atoms with van der Waals surface area (Å²) in [5, 5.41) is 3.22. The Kier molecular flexibility index (Phi) is 3.03. The molecule has 1 N–H and O–H groups in total. The number of ether oxygens (including phenoxy) is 1. The maximum Gasteiger partial charge on any atom is 0.139 e. The largest absolute Gasteiger partial charge is 0.489 e. The minimum atomic E-state index is 0.351. The molecular weight excluding hydrogens is 244 g/mol. The zero-order valence-electron chi connectivity index (χ0n) is 8.03. The van der Waals surface area contributed by atoms with Crippen LogP contribution in [0.3, 0.4) is 0 Å². The number of rotatable bonds is 3. The molecule has 1 aromatic rings. The van der Waals surface area contributed by atoms with E-state index in [0.29, 0.717) is 12.1 Å². The summed E-state index contributed by atoms with van der Waals surface area (Å²) in [4.78, 5) is 4.05. The Morgan fingerprint density at radius 2 is 2.29 bits per heavy atom. The Balaban J connectivity index is 1.87. The third-order valence-electron chi connectivity index (χ3n) is 2.49. The van der Waals surface area contributed by atoms with E-state index in [1.54, 1.807) is 12.4 Å². The number of nitrogens with one attached hydrogen (secondary N) is 1. The highest BCUT2D eigenvalue weighted by molar-refractivity contribution is 9.10. The molecular formula is C10H13BrN2O. The Hall–Kier alpha value is -0.610. The number of aromatic nitrogens is 1. The van der Waals surface area contributed by atoms with Crippen LogP contribution < -0.4 is 10.1 Å². The first-order valence-corrected chi connectivity index (χ1v) is 5.51. The van der Waals surface area contributed by atoms with Crippen LogP contribution in [0.5, 0.6) is 5.75 Å². The van der Waals surface area contributed by atoms with Gasteiger partial charge in [0, 0.05) is 16.7 Å². The van der Waals surface area contributed by atoms with Crippen molar-refractivity contribution in [2.45, 2.75) is 25.0 Å². The summed E-state index contributed by atoms with van der Waals surface area (Å²) in [5.41, 5.74) is 0. The lowest BCUT2D eigenvalue weighted by Gasteiger charge is -2.34. The quantitative estimate of drug-likeness (QED) is 0.898. The highest BCUT2D eigenvalue weighted by Gasteiger charge is 2.29. The summed E-state index contributed by atoms with van der Waals surface area (Å²) in [5.74, 6) is 0.846. The fourth-order valence-corrected chi connectivity index (χ4v) is 1.89. The smallest absolute Gasteiger partial charge is 0.139 e. The summed E-state index contributed by atoms with van der Waals surface area (Å²) in [6.07, 6.45) is 6.02. The van der Waals surface area contributed by atoms with Crippen molar-refractivity contribution in [1.29, 1.82) is 0 Å². The van der Waals surface area contributed by atoms with Crippen LogP contribution in [0.15, 0.2) is 22.9 Å². The third kappa shape index (κ3) is 2.25. The zero-order chi connectivity index (χ0) is 9.97. The molecule has 1 saturated carbocycles. The van der Waals surface area contributed by atoms with Crippen molar-refractivity contribution in [2.75, 3.05) is 7.05 Å². The van der Waals surface area contributed by atoms with E-state index >= 15 is 0 Å². The van der Waals surface area contributed by atoms with Crippen molar-refractivity contribution >= 4 is 15.9 Å². The van der Waals surface area contributed by atoms with Gasteiger partial charge in [0.25, 0.3) is 0 Å². The Labute approximate surface area is 92.0 Å². The number of halogens is 1. The molecule has 1 aromatic heterocycles. The van der Waals surface area contributed by atoms with Crippen LogP contribution in [-0.4, -0.2) is 24.2 Å². The van der Waals surface area contributed by atoms with Crippen LogP contribution in [0, 0.1) is 0 Å². The SMILES string of the molecule is CNC1CC(Oc2cncc(Br)c2)C1. The number of pyridine rings is 1. The van der Waals surface area contributed by atoms with E-state index in [1.807, 2.05) is 13.1 Å². The summed E-state index contributed by atoms with van der Waals surface area (Å²) >= 11 is 3.36. The monoisotopic (exact) mass is 256 g/mol. The van der Waals surface area contributed by atoms with Gasteiger partial charge in [0.1, 0.15) is 11.9 Å². The maximum atomic E-state index is 5.73. The van der Waals surface area contributed by atoms with E-state index in [0.717, 1.165) is 23.1 Å². The Morgan fingerprint density at radius 3 is 2.93 bits per heavy atom. The summed E-state index contributed by atoms with van der Waals surface area (Å²) < 4.78 is 6.69. The molecule has 76 valence electrons. The molecule has 0 radical (unpaired) electrons. The van der Waals surface area contributed by atoms with Crippen LogP contribution in [0.25, 0.3) is 0 Å². The van der Waals surface area contributed by atoms with Crippen LogP contribution in [0.1, 0.15) is 12.8 Å². The van der Waals surface area contributed by atoms with E-state index in [-0.39, 0.29) is 0 Å². The zero-order valence-corrected chi connectivity index (χ0v) is 9.62. The minimum absolute atomic E-state index is 0.351. The summed E-state index contributed by atoms with van der Waals surface area (Å²) in [6.45, 7) is 0. The van der Waals surface area contributed by atoms with Gasteiger partial charge in [-0.15, -0.1) is 0 Å². The number of hydrogen-bond acceptors (Lipinski definition) is 3. The highest BCUT2D eigenvalue weighted by atomic mass is 79.9. The predicted molar refractivity (Wildman–Crippen MR) is 58.4 cm³/mol. The molecule has 14 heavy (non-hydrogen) atoms. The van der Waals surface area contributed by atoms with Crippen molar-refractivity contribution in [1.82, 2.24) is 10.3 Å². The molecule has 0 atom stereocenters. The van der Waals surface area contributed by atoms with Gasteiger partial charge in [0.05, 0.1) is 6.20 Å². The molecule has 0 saturated heterocycles. The lowest BCUT2D eigenvalue weighted by molar-refractivity contribution is 0.0880. The van der Waals surface area contributed by atoms with E-state index in [2.05, 4.69) is 26.2 Å². The van der Waals surface area contributed by atoms with Crippen molar-refractivity contribution in [3.8, 4) is 5.75 Å². The minimum Gasteiger partial charge on any atom is -0.489 e. The van der Waals surface area contributed by atoms with Gasteiger partial charge >= 0.3 is 0 Å². The van der Waals surface area contributed by atoms with E-state index < -0.39 is 0 Å². The standard InChI is InChI=1S/C10H13BrN2O/c1-12-8-3-9(4-8)14-10-2-7(11)5-13-6-10/h2,5-6,8-9,12H,3-4H2,1H3. The van der Waals surface area contributed by atoms with Gasteiger partial charge in [-0.2, -0.15) is 0 Å². The van der Waals surface area contributed by atoms with Crippen molar-refractivity contribution in [3.63, 3.8) is 0 Å². The van der Waals surface area contributed by atoms with E-state index in [9.17, 15) is 0 Å². The number of nitrogens with zero attached hydrogens (tertiary/aromatic N) is 1. The second kappa shape index (κ2) is 4.28. The molecule has 0 bridgehead atoms. The van der Waals surface area contributed by atoms with Gasteiger partial charge in [-0.25, -0.2) is 0 Å². The topological polar surface area (TPSA) is 34.1 Å². The van der Waals surface area contributed by atoms with Crippen molar-refractivity contribution in [3.05, 3.63) is 22.9 Å². The average molecular weight is 257 g/mol. The molecule has 0 aliphatic heterocycles. The van der Waals surface area contributed by atoms with Crippen molar-refractivity contribution < 1.29 is 4.74 Å². The lowest BCUT2D eigenvalue weighted by Crippen LogP contribution is -2.45. The molecule has 1 fully saturated rings. The van der Waals surface area contributed by atoms with Gasteiger partial charge in [-0.05, 0) is 41.9 Å². The molecule has 0 unspecified atom stereocenters. The van der Waals surface area contributed by atoms with Crippen LogP contribution in [0.4, 0.5) is 0 Å². The van der Waals surface area contributed by atoms with Crippen LogP contribution in [0.2, 0.25) is 0 Å². The fourth-order valence-electron chi connectivity index (χ4n) is 1.55. The first-order chi connectivity index (χ1) is 6.78. The second-order valence-corrected chi connectivity index (χ2v) is 4.45. The summed E-state index contributed by atoms with van der Waals surface area (Å²) in [7, 11) is 1.99. The molecule has 1 aliphatic carbocycles. The Morgan fingerprint density at radius 1 is 1.50 bits per heavy atom. The van der Waals surface area contributed by atoms with E-state index in [1.165, 1.54) is 0 Å². The molecule has 0 aromatic carbocycles. The predicted octanol–water partition coefficient (Wildman–Crippen LogP) is 1.97. The average Bonchev–Trinajstić information content (AvgIpc) is 2.10. The van der Waals surface area contributed by atoms with Crippen molar-refractivity contribution in [2.24, 2.45) is 0 Å². The van der Waals surface area contributed by atoms with Crippen LogP contribution >= 0.6 is 15.9 Å². The molecule has 3 nitrogen and oxygen atoms in total. The molecule has 4 heteroatoms. The third-order valence-corrected chi connectivity index (χ3v) is 2.92. The lowest BCUT2D eigenvalue weighted by atomic mass is 9.89. The maximum absolute atomic E-state index is 5.73. The van der Waals surface area contributed by atoms with Gasteiger partial charge < -0.3 is 10.1 Å². The van der Waals surface area contributed by atoms with Gasteiger partial charge in [0.15, 0.2) is 0 Å². The van der Waals surface area contributed by atoms with Crippen LogP contribution in [-0.2, 0) is 0 Å². The molecule has 0 amide bonds. The highest BCUT2D eigenvalue weighted by Crippen LogP contribution is 2.26. The fraction of sp³-hybridized carbons (Fsp3) is 0.500.